The Balaban J connectivity index is 1.15. The molecule has 2 aromatic rings. The number of ether oxygens (including phenoxy) is 1. The number of amides is 1. The van der Waals surface area contributed by atoms with Gasteiger partial charge in [-0.1, -0.05) is 24.3 Å². The van der Waals surface area contributed by atoms with Gasteiger partial charge in [0.2, 0.25) is 15.9 Å². The number of sulfonamides is 1. The Morgan fingerprint density at radius 3 is 2.55 bits per heavy atom. The third-order valence-electron chi connectivity index (χ3n) is 7.50. The summed E-state index contributed by atoms with van der Waals surface area (Å²) in [6.07, 6.45) is 3.64. The fraction of sp³-hybridized carbons (Fsp3) is 0.480. The average Bonchev–Trinajstić information content (AvgIpc) is 3.01. The number of fused-ring (bicyclic) bond motifs is 3. The molecular weight excluding hydrogens is 438 g/mol. The van der Waals surface area contributed by atoms with Crippen LogP contribution in [0.1, 0.15) is 29.5 Å². The minimum atomic E-state index is -3.16. The highest BCUT2D eigenvalue weighted by Gasteiger charge is 2.50. The molecule has 1 fully saturated rings. The molecule has 0 radical (unpaired) electrons. The van der Waals surface area contributed by atoms with Gasteiger partial charge < -0.3 is 9.64 Å². The average molecular weight is 470 g/mol. The Kier molecular flexibility index (Phi) is 5.71. The maximum atomic E-state index is 13.1. The van der Waals surface area contributed by atoms with Crippen molar-refractivity contribution in [1.82, 2.24) is 9.21 Å². The summed E-state index contributed by atoms with van der Waals surface area (Å²) in [5.74, 6) is 1.06. The number of anilines is 1. The fourth-order valence-electron chi connectivity index (χ4n) is 5.53. The Morgan fingerprint density at radius 2 is 1.79 bits per heavy atom. The summed E-state index contributed by atoms with van der Waals surface area (Å²) >= 11 is 0. The van der Waals surface area contributed by atoms with Gasteiger partial charge >= 0.3 is 0 Å². The first-order chi connectivity index (χ1) is 15.8. The molecule has 2 aromatic carbocycles. The van der Waals surface area contributed by atoms with Crippen molar-refractivity contribution in [2.24, 2.45) is 0 Å². The van der Waals surface area contributed by atoms with Crippen LogP contribution in [0.25, 0.3) is 0 Å². The van der Waals surface area contributed by atoms with Gasteiger partial charge in [0.25, 0.3) is 0 Å². The fourth-order valence-corrected chi connectivity index (χ4v) is 6.32. The second kappa shape index (κ2) is 8.42. The van der Waals surface area contributed by atoms with Crippen LogP contribution in [0.5, 0.6) is 5.75 Å². The topological polar surface area (TPSA) is 70.2 Å². The first kappa shape index (κ1) is 22.4. The number of hydrogen-bond acceptors (Lipinski definition) is 5. The first-order valence-corrected chi connectivity index (χ1v) is 13.4. The number of hydrogen-bond donors (Lipinski definition) is 0. The molecule has 0 N–H and O–H groups in total. The SMILES string of the molecule is CN1C(=O)C2(CCN(CCOc3ccc4c(c3)CCN(S(C)(=O)=O)C4)CC2)c2ccccc21. The molecule has 33 heavy (non-hydrogen) atoms. The summed E-state index contributed by atoms with van der Waals surface area (Å²) < 4.78 is 31.2. The van der Waals surface area contributed by atoms with Crippen molar-refractivity contribution in [3.8, 4) is 5.75 Å². The van der Waals surface area contributed by atoms with Gasteiger partial charge in [0.1, 0.15) is 12.4 Å². The number of carbonyl (C=O) groups is 1. The van der Waals surface area contributed by atoms with Gasteiger partial charge in [-0.3, -0.25) is 9.69 Å². The van der Waals surface area contributed by atoms with E-state index in [1.165, 1.54) is 16.1 Å². The molecule has 7 nitrogen and oxygen atoms in total. The van der Waals surface area contributed by atoms with Crippen LogP contribution in [0.3, 0.4) is 0 Å². The van der Waals surface area contributed by atoms with E-state index in [1.807, 2.05) is 48.3 Å². The number of likely N-dealkylation sites (tertiary alicyclic amines) is 1. The van der Waals surface area contributed by atoms with E-state index in [2.05, 4.69) is 11.0 Å². The second-order valence-corrected chi connectivity index (χ2v) is 11.4. The lowest BCUT2D eigenvalue weighted by atomic mass is 9.73. The van der Waals surface area contributed by atoms with E-state index in [0.717, 1.165) is 55.0 Å². The highest BCUT2D eigenvalue weighted by atomic mass is 32.2. The minimum Gasteiger partial charge on any atom is -0.492 e. The summed E-state index contributed by atoms with van der Waals surface area (Å²) in [7, 11) is -1.28. The van der Waals surface area contributed by atoms with Crippen LogP contribution in [-0.2, 0) is 33.2 Å². The van der Waals surface area contributed by atoms with E-state index in [4.69, 9.17) is 4.74 Å². The van der Waals surface area contributed by atoms with Crippen molar-refractivity contribution in [1.29, 1.82) is 0 Å². The Hall–Kier alpha value is -2.42. The lowest BCUT2D eigenvalue weighted by Crippen LogP contribution is -2.48. The summed E-state index contributed by atoms with van der Waals surface area (Å²) in [5, 5.41) is 0. The maximum absolute atomic E-state index is 13.1. The summed E-state index contributed by atoms with van der Waals surface area (Å²) in [6, 6.07) is 14.1. The van der Waals surface area contributed by atoms with Crippen LogP contribution in [0, 0.1) is 0 Å². The number of rotatable bonds is 5. The maximum Gasteiger partial charge on any atom is 0.237 e. The predicted molar refractivity (Wildman–Crippen MR) is 128 cm³/mol. The monoisotopic (exact) mass is 469 g/mol. The van der Waals surface area contributed by atoms with Crippen molar-refractivity contribution < 1.29 is 17.9 Å². The molecule has 1 amide bonds. The van der Waals surface area contributed by atoms with Gasteiger partial charge in [0, 0.05) is 32.4 Å². The zero-order chi connectivity index (χ0) is 23.2. The van der Waals surface area contributed by atoms with Gasteiger partial charge in [0.05, 0.1) is 11.7 Å². The summed E-state index contributed by atoms with van der Waals surface area (Å²) in [6.45, 7) is 4.11. The third-order valence-corrected chi connectivity index (χ3v) is 8.75. The van der Waals surface area contributed by atoms with Gasteiger partial charge in [-0.05, 0) is 67.2 Å². The predicted octanol–water partition coefficient (Wildman–Crippen LogP) is 2.39. The van der Waals surface area contributed by atoms with E-state index in [0.29, 0.717) is 26.1 Å². The number of carbonyl (C=O) groups excluding carboxylic acids is 1. The Morgan fingerprint density at radius 1 is 1.03 bits per heavy atom. The van der Waals surface area contributed by atoms with Crippen molar-refractivity contribution in [2.45, 2.75) is 31.2 Å². The van der Waals surface area contributed by atoms with Crippen LogP contribution in [0.4, 0.5) is 5.69 Å². The standard InChI is InChI=1S/C25H31N3O4S/c1-26-23-6-4-3-5-22(23)25(24(26)29)10-13-27(14-11-25)15-16-32-21-8-7-20-18-28(33(2,30)31)12-9-19(20)17-21/h3-8,17H,9-16,18H2,1-2H3. The summed E-state index contributed by atoms with van der Waals surface area (Å²) in [4.78, 5) is 17.3. The highest BCUT2D eigenvalue weighted by molar-refractivity contribution is 7.88. The van der Waals surface area contributed by atoms with Crippen molar-refractivity contribution in [3.63, 3.8) is 0 Å². The van der Waals surface area contributed by atoms with E-state index >= 15 is 0 Å². The number of piperidine rings is 1. The zero-order valence-corrected chi connectivity index (χ0v) is 20.1. The molecule has 0 aromatic heterocycles. The molecule has 0 unspecified atom stereocenters. The van der Waals surface area contributed by atoms with Crippen molar-refractivity contribution in [3.05, 3.63) is 59.2 Å². The minimum absolute atomic E-state index is 0.225. The van der Waals surface area contributed by atoms with E-state index < -0.39 is 10.0 Å². The molecule has 0 atom stereocenters. The molecule has 3 aliphatic rings. The van der Waals surface area contributed by atoms with Crippen LogP contribution in [0.2, 0.25) is 0 Å². The zero-order valence-electron chi connectivity index (χ0n) is 19.3. The molecule has 1 saturated heterocycles. The van der Waals surface area contributed by atoms with Crippen molar-refractivity contribution >= 4 is 21.6 Å². The van der Waals surface area contributed by atoms with Crippen molar-refractivity contribution in [2.75, 3.05) is 51.0 Å². The number of nitrogens with zero attached hydrogens (tertiary/aromatic N) is 3. The van der Waals surface area contributed by atoms with E-state index in [-0.39, 0.29) is 11.3 Å². The molecule has 8 heteroatoms. The Bertz CT molecular complexity index is 1170. The molecular formula is C25H31N3O4S. The van der Waals surface area contributed by atoms with E-state index in [1.54, 1.807) is 0 Å². The Labute approximate surface area is 196 Å². The molecule has 0 saturated carbocycles. The molecule has 176 valence electrons. The van der Waals surface area contributed by atoms with Gasteiger partial charge in [0.15, 0.2) is 0 Å². The molecule has 0 bridgehead atoms. The smallest absolute Gasteiger partial charge is 0.237 e. The van der Waals surface area contributed by atoms with Crippen LogP contribution >= 0.6 is 0 Å². The summed E-state index contributed by atoms with van der Waals surface area (Å²) in [5.41, 5.74) is 4.06. The van der Waals surface area contributed by atoms with E-state index in [9.17, 15) is 13.2 Å². The second-order valence-electron chi connectivity index (χ2n) is 9.43. The molecule has 0 aliphatic carbocycles. The van der Waals surface area contributed by atoms with Gasteiger partial charge in [-0.25, -0.2) is 8.42 Å². The van der Waals surface area contributed by atoms with Crippen LogP contribution in [0.15, 0.2) is 42.5 Å². The van der Waals surface area contributed by atoms with Crippen LogP contribution < -0.4 is 9.64 Å². The molecule has 1 spiro atoms. The third kappa shape index (κ3) is 4.05. The number of likely N-dealkylation sites (N-methyl/N-ethyl adjacent to an activating group) is 1. The molecule has 5 rings (SSSR count). The quantitative estimate of drug-likeness (QED) is 0.673. The number of benzene rings is 2. The normalized spacial score (nSPS) is 20.7. The number of para-hydroxylation sites is 1. The van der Waals surface area contributed by atoms with Crippen LogP contribution in [-0.4, -0.2) is 69.6 Å². The molecule has 3 heterocycles. The van der Waals surface area contributed by atoms with Gasteiger partial charge in [-0.15, -0.1) is 0 Å². The highest BCUT2D eigenvalue weighted by Crippen LogP contribution is 2.47. The molecule has 3 aliphatic heterocycles. The first-order valence-electron chi connectivity index (χ1n) is 11.6. The lowest BCUT2D eigenvalue weighted by Gasteiger charge is -2.38. The lowest BCUT2D eigenvalue weighted by molar-refractivity contribution is -0.124. The largest absolute Gasteiger partial charge is 0.492 e. The van der Waals surface area contributed by atoms with Gasteiger partial charge in [-0.2, -0.15) is 4.31 Å².